The molecule has 2 aromatic rings. The Morgan fingerprint density at radius 1 is 1.38 bits per heavy atom. The number of nitrogens with zero attached hydrogens (tertiary/aromatic N) is 3. The van der Waals surface area contributed by atoms with E-state index >= 15 is 0 Å². The number of aryl methyl sites for hydroxylation is 1. The maximum atomic E-state index is 13.0. The van der Waals surface area contributed by atoms with Gasteiger partial charge in [0, 0.05) is 19.1 Å². The lowest BCUT2D eigenvalue weighted by Crippen LogP contribution is -2.49. The lowest BCUT2D eigenvalue weighted by atomic mass is 9.92. The Morgan fingerprint density at radius 2 is 2.17 bits per heavy atom. The molecule has 1 aliphatic rings. The molecule has 2 heterocycles. The predicted molar refractivity (Wildman–Crippen MR) is 95.3 cm³/mol. The van der Waals surface area contributed by atoms with Crippen LogP contribution in [-0.4, -0.2) is 39.7 Å². The van der Waals surface area contributed by atoms with E-state index in [0.717, 1.165) is 30.8 Å². The third-order valence-electron chi connectivity index (χ3n) is 5.00. The molecule has 1 aromatic heterocycles. The number of aromatic nitrogens is 2. The average Bonchev–Trinajstić information content (AvgIpc) is 2.95. The van der Waals surface area contributed by atoms with E-state index in [0.29, 0.717) is 18.0 Å². The van der Waals surface area contributed by atoms with E-state index in [1.807, 2.05) is 28.6 Å². The van der Waals surface area contributed by atoms with Gasteiger partial charge in [-0.2, -0.15) is 5.10 Å². The van der Waals surface area contributed by atoms with Crippen molar-refractivity contribution < 1.29 is 4.79 Å². The fraction of sp³-hybridized carbons (Fsp3) is 0.474. The Bertz CT molecular complexity index is 737. The van der Waals surface area contributed by atoms with Crippen LogP contribution in [-0.2, 0) is 0 Å². The SMILES string of the molecule is Cc1cccc(-n2ncc(C(=O)N3CCC(C)CC3CN)c2C)c1. The first-order valence-corrected chi connectivity index (χ1v) is 8.64. The molecule has 128 valence electrons. The van der Waals surface area contributed by atoms with Gasteiger partial charge in [0.15, 0.2) is 0 Å². The van der Waals surface area contributed by atoms with Gasteiger partial charge >= 0.3 is 0 Å². The van der Waals surface area contributed by atoms with Crippen LogP contribution in [0.3, 0.4) is 0 Å². The van der Waals surface area contributed by atoms with E-state index in [2.05, 4.69) is 31.1 Å². The van der Waals surface area contributed by atoms with Crippen molar-refractivity contribution in [3.63, 3.8) is 0 Å². The Hall–Kier alpha value is -2.14. The van der Waals surface area contributed by atoms with Crippen LogP contribution in [0.1, 0.15) is 41.4 Å². The van der Waals surface area contributed by atoms with Gasteiger partial charge in [0.25, 0.3) is 5.91 Å². The molecule has 0 radical (unpaired) electrons. The molecule has 0 bridgehead atoms. The molecule has 2 atom stereocenters. The summed E-state index contributed by atoms with van der Waals surface area (Å²) in [6, 6.07) is 8.26. The van der Waals surface area contributed by atoms with Crippen molar-refractivity contribution in [2.75, 3.05) is 13.1 Å². The number of amides is 1. The third kappa shape index (κ3) is 3.08. The first kappa shape index (κ1) is 16.7. The van der Waals surface area contributed by atoms with Gasteiger partial charge in [0.2, 0.25) is 0 Å². The summed E-state index contributed by atoms with van der Waals surface area (Å²) in [7, 11) is 0. The van der Waals surface area contributed by atoms with E-state index in [1.54, 1.807) is 6.20 Å². The largest absolute Gasteiger partial charge is 0.334 e. The van der Waals surface area contributed by atoms with Crippen LogP contribution in [0.2, 0.25) is 0 Å². The summed E-state index contributed by atoms with van der Waals surface area (Å²) in [5.74, 6) is 0.674. The van der Waals surface area contributed by atoms with Crippen LogP contribution in [0, 0.1) is 19.8 Å². The highest BCUT2D eigenvalue weighted by Crippen LogP contribution is 2.25. The van der Waals surface area contributed by atoms with Crippen molar-refractivity contribution in [3.05, 3.63) is 47.3 Å². The smallest absolute Gasteiger partial charge is 0.257 e. The molecule has 2 unspecified atom stereocenters. The standard InChI is InChI=1S/C19H26N4O/c1-13-5-4-6-16(9-13)23-15(3)18(12-21-23)19(24)22-8-7-14(2)10-17(22)11-20/h4-6,9,12,14,17H,7-8,10-11,20H2,1-3H3. The number of rotatable bonds is 3. The van der Waals surface area contributed by atoms with Crippen molar-refractivity contribution >= 4 is 5.91 Å². The van der Waals surface area contributed by atoms with E-state index in [4.69, 9.17) is 5.73 Å². The minimum atomic E-state index is 0.0498. The highest BCUT2D eigenvalue weighted by atomic mass is 16.2. The molecule has 5 heteroatoms. The Morgan fingerprint density at radius 3 is 2.88 bits per heavy atom. The van der Waals surface area contributed by atoms with E-state index in [9.17, 15) is 4.79 Å². The molecule has 1 fully saturated rings. The molecule has 5 nitrogen and oxygen atoms in total. The van der Waals surface area contributed by atoms with E-state index in [1.165, 1.54) is 5.56 Å². The zero-order valence-corrected chi connectivity index (χ0v) is 14.7. The molecule has 0 spiro atoms. The molecule has 0 saturated carbocycles. The summed E-state index contributed by atoms with van der Waals surface area (Å²) in [6.45, 7) is 7.52. The van der Waals surface area contributed by atoms with Gasteiger partial charge in [-0.3, -0.25) is 4.79 Å². The summed E-state index contributed by atoms with van der Waals surface area (Å²) >= 11 is 0. The minimum absolute atomic E-state index is 0.0498. The normalized spacial score (nSPS) is 21.1. The predicted octanol–water partition coefficient (Wildman–Crippen LogP) is 2.69. The topological polar surface area (TPSA) is 64.2 Å². The quantitative estimate of drug-likeness (QED) is 0.943. The van der Waals surface area contributed by atoms with Crippen LogP contribution in [0.15, 0.2) is 30.5 Å². The zero-order valence-electron chi connectivity index (χ0n) is 14.7. The van der Waals surface area contributed by atoms with Crippen molar-refractivity contribution in [1.82, 2.24) is 14.7 Å². The highest BCUT2D eigenvalue weighted by molar-refractivity contribution is 5.95. The number of piperidine rings is 1. The molecule has 3 rings (SSSR count). The second-order valence-corrected chi connectivity index (χ2v) is 6.91. The minimum Gasteiger partial charge on any atom is -0.334 e. The molecular weight excluding hydrogens is 300 g/mol. The van der Waals surface area contributed by atoms with E-state index < -0.39 is 0 Å². The van der Waals surface area contributed by atoms with Gasteiger partial charge in [0.1, 0.15) is 0 Å². The first-order chi connectivity index (χ1) is 11.5. The Kier molecular flexibility index (Phi) is 4.71. The lowest BCUT2D eigenvalue weighted by Gasteiger charge is -2.38. The molecule has 0 aliphatic carbocycles. The fourth-order valence-corrected chi connectivity index (χ4v) is 3.54. The monoisotopic (exact) mass is 326 g/mol. The lowest BCUT2D eigenvalue weighted by molar-refractivity contribution is 0.0573. The van der Waals surface area contributed by atoms with Gasteiger partial charge in [0.05, 0.1) is 23.1 Å². The maximum Gasteiger partial charge on any atom is 0.257 e. The first-order valence-electron chi connectivity index (χ1n) is 8.64. The summed E-state index contributed by atoms with van der Waals surface area (Å²) in [4.78, 5) is 15.0. The van der Waals surface area contributed by atoms with Gasteiger partial charge in [-0.1, -0.05) is 19.1 Å². The fourth-order valence-electron chi connectivity index (χ4n) is 3.54. The van der Waals surface area contributed by atoms with Gasteiger partial charge in [-0.25, -0.2) is 4.68 Å². The van der Waals surface area contributed by atoms with Crippen molar-refractivity contribution in [3.8, 4) is 5.69 Å². The zero-order chi connectivity index (χ0) is 17.3. The van der Waals surface area contributed by atoms with E-state index in [-0.39, 0.29) is 11.9 Å². The molecule has 24 heavy (non-hydrogen) atoms. The van der Waals surface area contributed by atoms with Crippen LogP contribution >= 0.6 is 0 Å². The van der Waals surface area contributed by atoms with Crippen LogP contribution in [0.5, 0.6) is 0 Å². The van der Waals surface area contributed by atoms with Crippen molar-refractivity contribution in [2.24, 2.45) is 11.7 Å². The number of carbonyl (C=O) groups excluding carboxylic acids is 1. The molecule has 2 N–H and O–H groups in total. The number of hydrogen-bond acceptors (Lipinski definition) is 3. The van der Waals surface area contributed by atoms with Crippen molar-refractivity contribution in [2.45, 2.75) is 39.7 Å². The third-order valence-corrected chi connectivity index (χ3v) is 5.00. The second-order valence-electron chi connectivity index (χ2n) is 6.91. The molecular formula is C19H26N4O. The van der Waals surface area contributed by atoms with Crippen LogP contribution in [0.25, 0.3) is 5.69 Å². The highest BCUT2D eigenvalue weighted by Gasteiger charge is 2.31. The van der Waals surface area contributed by atoms with Gasteiger partial charge < -0.3 is 10.6 Å². The number of nitrogens with two attached hydrogens (primary N) is 1. The number of likely N-dealkylation sites (tertiary alicyclic amines) is 1. The molecule has 1 amide bonds. The number of carbonyl (C=O) groups is 1. The van der Waals surface area contributed by atoms with Gasteiger partial charge in [-0.15, -0.1) is 0 Å². The summed E-state index contributed by atoms with van der Waals surface area (Å²) < 4.78 is 1.84. The molecule has 1 aromatic carbocycles. The van der Waals surface area contributed by atoms with Crippen LogP contribution < -0.4 is 5.73 Å². The Balaban J connectivity index is 1.89. The summed E-state index contributed by atoms with van der Waals surface area (Å²) in [5.41, 5.74) is 9.60. The maximum absolute atomic E-state index is 13.0. The average molecular weight is 326 g/mol. The van der Waals surface area contributed by atoms with Gasteiger partial charge in [-0.05, 0) is 50.3 Å². The molecule has 1 saturated heterocycles. The summed E-state index contributed by atoms with van der Waals surface area (Å²) in [6.07, 6.45) is 3.70. The van der Waals surface area contributed by atoms with Crippen molar-refractivity contribution in [1.29, 1.82) is 0 Å². The number of hydrogen-bond donors (Lipinski definition) is 1. The summed E-state index contributed by atoms with van der Waals surface area (Å²) in [5, 5.41) is 4.45. The second kappa shape index (κ2) is 6.77. The Labute approximate surface area is 143 Å². The molecule has 1 aliphatic heterocycles. The number of benzene rings is 1. The van der Waals surface area contributed by atoms with Crippen LogP contribution in [0.4, 0.5) is 0 Å².